The van der Waals surface area contributed by atoms with E-state index in [2.05, 4.69) is 4.74 Å². The molecule has 0 amide bonds. The zero-order valence-corrected chi connectivity index (χ0v) is 12.3. The second-order valence-corrected chi connectivity index (χ2v) is 6.87. The van der Waals surface area contributed by atoms with Crippen LogP contribution >= 0.6 is 0 Å². The Kier molecular flexibility index (Phi) is 4.62. The van der Waals surface area contributed by atoms with Crippen LogP contribution in [0.3, 0.4) is 0 Å². The van der Waals surface area contributed by atoms with Crippen LogP contribution in [0.5, 0.6) is 0 Å². The Labute approximate surface area is 122 Å². The number of carbonyl (C=O) groups is 1. The first-order valence-corrected chi connectivity index (χ1v) is 7.95. The molecule has 0 bridgehead atoms. The van der Waals surface area contributed by atoms with Crippen LogP contribution in [0.4, 0.5) is 0 Å². The number of β-amino-alcohol motifs (C(OH)–C–C–N with tert-alkyl or cyclic N) is 2. The summed E-state index contributed by atoms with van der Waals surface area (Å²) < 4.78 is 30.0. The molecule has 2 atom stereocenters. The van der Waals surface area contributed by atoms with Crippen LogP contribution in [0.1, 0.15) is 15.9 Å². The number of aliphatic hydroxyl groups excluding tert-OH is 2. The molecular weight excluding hydrogens is 298 g/mol. The average molecular weight is 315 g/mol. The third-order valence-corrected chi connectivity index (χ3v) is 5.13. The predicted octanol–water partition coefficient (Wildman–Crippen LogP) is -0.660. The van der Waals surface area contributed by atoms with Gasteiger partial charge < -0.3 is 14.9 Å². The van der Waals surface area contributed by atoms with Crippen LogP contribution in [-0.4, -0.2) is 61.3 Å². The third-order valence-electron chi connectivity index (χ3n) is 3.34. The summed E-state index contributed by atoms with van der Waals surface area (Å²) in [5, 5.41) is 18.8. The highest BCUT2D eigenvalue weighted by atomic mass is 32.2. The van der Waals surface area contributed by atoms with Crippen molar-refractivity contribution in [1.82, 2.24) is 4.31 Å². The molecule has 116 valence electrons. The Bertz CT molecular complexity index is 602. The van der Waals surface area contributed by atoms with Gasteiger partial charge in [0.25, 0.3) is 0 Å². The van der Waals surface area contributed by atoms with E-state index in [0.717, 1.165) is 4.31 Å². The summed E-state index contributed by atoms with van der Waals surface area (Å²) in [7, 11) is -2.35. The van der Waals surface area contributed by atoms with Crippen LogP contribution in [-0.2, 0) is 20.5 Å². The molecule has 7 nitrogen and oxygen atoms in total. The molecule has 1 saturated heterocycles. The standard InChI is InChI=1S/C13H17NO6S/c1-20-13(17)10-4-2-9(3-5-10)8-21(18,19)14-6-11(15)12(16)7-14/h2-5,11-12,15-16H,6-8H2,1H3. The highest BCUT2D eigenvalue weighted by Crippen LogP contribution is 2.18. The van der Waals surface area contributed by atoms with E-state index in [1.54, 1.807) is 0 Å². The summed E-state index contributed by atoms with van der Waals surface area (Å²) in [5.74, 6) is -0.747. The van der Waals surface area contributed by atoms with Crippen molar-refractivity contribution in [2.75, 3.05) is 20.2 Å². The maximum absolute atomic E-state index is 12.2. The lowest BCUT2D eigenvalue weighted by Gasteiger charge is -2.15. The van der Waals surface area contributed by atoms with Crippen LogP contribution < -0.4 is 0 Å². The van der Waals surface area contributed by atoms with Crippen molar-refractivity contribution in [1.29, 1.82) is 0 Å². The third kappa shape index (κ3) is 3.59. The first kappa shape index (κ1) is 15.9. The van der Waals surface area contributed by atoms with Crippen molar-refractivity contribution >= 4 is 16.0 Å². The molecule has 2 rings (SSSR count). The zero-order valence-electron chi connectivity index (χ0n) is 11.5. The number of hydrogen-bond donors (Lipinski definition) is 2. The summed E-state index contributed by atoms with van der Waals surface area (Å²) in [6.45, 7) is -0.215. The van der Waals surface area contributed by atoms with Gasteiger partial charge in [-0.15, -0.1) is 0 Å². The van der Waals surface area contributed by atoms with Gasteiger partial charge in [0.2, 0.25) is 10.0 Å². The normalized spacial score (nSPS) is 23.2. The SMILES string of the molecule is COC(=O)c1ccc(CS(=O)(=O)N2CC(O)C(O)C2)cc1. The number of rotatable bonds is 4. The molecule has 21 heavy (non-hydrogen) atoms. The van der Waals surface area contributed by atoms with Crippen molar-refractivity contribution in [3.8, 4) is 0 Å². The number of sulfonamides is 1. The van der Waals surface area contributed by atoms with Crippen molar-refractivity contribution in [2.24, 2.45) is 0 Å². The van der Waals surface area contributed by atoms with Gasteiger partial charge in [0.15, 0.2) is 0 Å². The topological polar surface area (TPSA) is 104 Å². The molecule has 8 heteroatoms. The Morgan fingerprint density at radius 3 is 2.24 bits per heavy atom. The first-order chi connectivity index (χ1) is 9.83. The van der Waals surface area contributed by atoms with Crippen molar-refractivity contribution in [3.63, 3.8) is 0 Å². The second kappa shape index (κ2) is 6.10. The smallest absolute Gasteiger partial charge is 0.337 e. The fourth-order valence-electron chi connectivity index (χ4n) is 2.12. The van der Waals surface area contributed by atoms with Gasteiger partial charge in [-0.05, 0) is 17.7 Å². The lowest BCUT2D eigenvalue weighted by molar-refractivity contribution is 0.0572. The lowest BCUT2D eigenvalue weighted by atomic mass is 10.1. The molecule has 1 heterocycles. The molecule has 1 aliphatic rings. The molecule has 1 fully saturated rings. The van der Waals surface area contributed by atoms with Crippen molar-refractivity contribution < 1.29 is 28.2 Å². The minimum Gasteiger partial charge on any atom is -0.465 e. The second-order valence-electron chi connectivity index (χ2n) is 4.90. The lowest BCUT2D eigenvalue weighted by Crippen LogP contribution is -2.31. The highest BCUT2D eigenvalue weighted by Gasteiger charge is 2.36. The van der Waals surface area contributed by atoms with E-state index >= 15 is 0 Å². The molecule has 1 aromatic carbocycles. The Morgan fingerprint density at radius 2 is 1.76 bits per heavy atom. The fraction of sp³-hybridized carbons (Fsp3) is 0.462. The van der Waals surface area contributed by atoms with Crippen LogP contribution in [0.2, 0.25) is 0 Å². The van der Waals surface area contributed by atoms with Gasteiger partial charge >= 0.3 is 5.97 Å². The number of ether oxygens (including phenoxy) is 1. The fourth-order valence-corrected chi connectivity index (χ4v) is 3.68. The zero-order chi connectivity index (χ0) is 15.6. The molecule has 0 radical (unpaired) electrons. The summed E-state index contributed by atoms with van der Waals surface area (Å²) in [6, 6.07) is 6.05. The minimum atomic E-state index is -3.62. The number of hydrogen-bond acceptors (Lipinski definition) is 6. The molecule has 0 aromatic heterocycles. The minimum absolute atomic E-state index is 0.107. The molecule has 0 saturated carbocycles. The van der Waals surface area contributed by atoms with E-state index in [4.69, 9.17) is 0 Å². The highest BCUT2D eigenvalue weighted by molar-refractivity contribution is 7.88. The molecule has 1 aliphatic heterocycles. The van der Waals surface area contributed by atoms with Crippen LogP contribution in [0.25, 0.3) is 0 Å². The predicted molar refractivity (Wildman–Crippen MR) is 74.0 cm³/mol. The van der Waals surface area contributed by atoms with Gasteiger partial charge in [-0.25, -0.2) is 13.2 Å². The summed E-state index contributed by atoms with van der Waals surface area (Å²) in [6.07, 6.45) is -2.11. The molecule has 2 unspecified atom stereocenters. The van der Waals surface area contributed by atoms with Crippen LogP contribution in [0, 0.1) is 0 Å². The molecular formula is C13H17NO6S. The van der Waals surface area contributed by atoms with E-state index in [9.17, 15) is 23.4 Å². The maximum atomic E-state index is 12.2. The Hall–Kier alpha value is -1.48. The van der Waals surface area contributed by atoms with Gasteiger partial charge in [0.1, 0.15) is 0 Å². The largest absolute Gasteiger partial charge is 0.465 e. The van der Waals surface area contributed by atoms with Gasteiger partial charge in [0.05, 0.1) is 30.6 Å². The van der Waals surface area contributed by atoms with E-state index in [0.29, 0.717) is 11.1 Å². The quantitative estimate of drug-likeness (QED) is 0.715. The number of aliphatic hydroxyl groups is 2. The summed E-state index contributed by atoms with van der Waals surface area (Å²) in [4.78, 5) is 11.3. The summed E-state index contributed by atoms with van der Waals surface area (Å²) in [5.41, 5.74) is 0.851. The van der Waals surface area contributed by atoms with E-state index < -0.39 is 28.2 Å². The number of esters is 1. The average Bonchev–Trinajstić information content (AvgIpc) is 2.79. The number of carbonyl (C=O) groups excluding carboxylic acids is 1. The molecule has 1 aromatic rings. The Morgan fingerprint density at radius 1 is 1.24 bits per heavy atom. The van der Waals surface area contributed by atoms with Gasteiger partial charge in [-0.3, -0.25) is 0 Å². The van der Waals surface area contributed by atoms with E-state index in [1.807, 2.05) is 0 Å². The van der Waals surface area contributed by atoms with Gasteiger partial charge in [0, 0.05) is 13.1 Å². The first-order valence-electron chi connectivity index (χ1n) is 6.34. The van der Waals surface area contributed by atoms with E-state index in [-0.39, 0.29) is 18.8 Å². The molecule has 0 aliphatic carbocycles. The number of nitrogens with zero attached hydrogens (tertiary/aromatic N) is 1. The van der Waals surface area contributed by atoms with Gasteiger partial charge in [-0.1, -0.05) is 12.1 Å². The van der Waals surface area contributed by atoms with Gasteiger partial charge in [-0.2, -0.15) is 4.31 Å². The molecule has 0 spiro atoms. The van der Waals surface area contributed by atoms with Crippen molar-refractivity contribution in [3.05, 3.63) is 35.4 Å². The van der Waals surface area contributed by atoms with Crippen molar-refractivity contribution in [2.45, 2.75) is 18.0 Å². The monoisotopic (exact) mass is 315 g/mol. The molecule has 2 N–H and O–H groups in total. The van der Waals surface area contributed by atoms with E-state index in [1.165, 1.54) is 31.4 Å². The van der Waals surface area contributed by atoms with Crippen LogP contribution in [0.15, 0.2) is 24.3 Å². The Balaban J connectivity index is 2.09. The number of methoxy groups -OCH3 is 1. The number of benzene rings is 1. The maximum Gasteiger partial charge on any atom is 0.337 e. The summed E-state index contributed by atoms with van der Waals surface area (Å²) >= 11 is 0.